The lowest BCUT2D eigenvalue weighted by atomic mass is 10.4. The van der Waals surface area contributed by atoms with E-state index >= 15 is 0 Å². The normalized spacial score (nSPS) is 10.5. The molecule has 0 amide bonds. The number of unbranched alkanes of at least 4 members (excludes halogenated alkanes) is 1. The van der Waals surface area contributed by atoms with Crippen molar-refractivity contribution in [1.29, 1.82) is 0 Å². The molecular formula is C10H19N3S2. The summed E-state index contributed by atoms with van der Waals surface area (Å²) in [7, 11) is 0. The molecule has 1 N–H and O–H groups in total. The summed E-state index contributed by atoms with van der Waals surface area (Å²) in [6.45, 7) is 5.40. The van der Waals surface area contributed by atoms with Crippen molar-refractivity contribution in [2.75, 3.05) is 17.6 Å². The smallest absolute Gasteiger partial charge is 0.134 e. The maximum Gasteiger partial charge on any atom is 0.134 e. The van der Waals surface area contributed by atoms with E-state index in [0.29, 0.717) is 0 Å². The summed E-state index contributed by atoms with van der Waals surface area (Å²) < 4.78 is 3.99. The maximum absolute atomic E-state index is 4.15. The Labute approximate surface area is 100 Å². The lowest BCUT2D eigenvalue weighted by molar-refractivity contribution is 0.895. The van der Waals surface area contributed by atoms with Crippen LogP contribution in [0.1, 0.15) is 38.8 Å². The van der Waals surface area contributed by atoms with Crippen molar-refractivity contribution in [3.8, 4) is 0 Å². The molecule has 1 rings (SSSR count). The molecule has 0 spiro atoms. The van der Waals surface area contributed by atoms with E-state index in [1.165, 1.54) is 30.1 Å². The molecule has 1 aromatic heterocycles. The van der Waals surface area contributed by atoms with Crippen molar-refractivity contribution in [3.63, 3.8) is 0 Å². The largest absolute Gasteiger partial charge is 0.374 e. The van der Waals surface area contributed by atoms with Crippen LogP contribution in [0.5, 0.6) is 0 Å². The van der Waals surface area contributed by atoms with Crippen LogP contribution in [0.2, 0.25) is 0 Å². The Balaban J connectivity index is 2.29. The standard InChI is InChI=1S/C10H19N3S2/c1-3-5-7-14-8-9-10(11-6-4-2)15-13-12-9/h11H,3-8H2,1-2H3. The number of nitrogens with one attached hydrogen (secondary N) is 1. The number of anilines is 1. The predicted octanol–water partition coefficient (Wildman–Crippen LogP) is 3.39. The quantitative estimate of drug-likeness (QED) is 0.712. The Morgan fingerprint density at radius 1 is 1.33 bits per heavy atom. The Bertz CT molecular complexity index is 263. The molecular weight excluding hydrogens is 226 g/mol. The molecule has 0 aliphatic rings. The Hall–Kier alpha value is -0.290. The highest BCUT2D eigenvalue weighted by Gasteiger charge is 2.06. The first kappa shape index (κ1) is 12.8. The second-order valence-electron chi connectivity index (χ2n) is 3.38. The number of aromatic nitrogens is 2. The molecule has 15 heavy (non-hydrogen) atoms. The molecule has 0 aliphatic heterocycles. The average Bonchev–Trinajstić information content (AvgIpc) is 2.69. The highest BCUT2D eigenvalue weighted by atomic mass is 32.2. The SMILES string of the molecule is CCCCSCc1nnsc1NCCC. The van der Waals surface area contributed by atoms with Crippen LogP contribution in [0.25, 0.3) is 0 Å². The minimum Gasteiger partial charge on any atom is -0.374 e. The van der Waals surface area contributed by atoms with Crippen molar-refractivity contribution in [1.82, 2.24) is 9.59 Å². The van der Waals surface area contributed by atoms with E-state index in [2.05, 4.69) is 28.8 Å². The lowest BCUT2D eigenvalue weighted by Crippen LogP contribution is -2.00. The van der Waals surface area contributed by atoms with Crippen LogP contribution in [0.3, 0.4) is 0 Å². The first-order valence-electron chi connectivity index (χ1n) is 5.51. The van der Waals surface area contributed by atoms with Gasteiger partial charge in [-0.3, -0.25) is 0 Å². The van der Waals surface area contributed by atoms with Gasteiger partial charge in [0.15, 0.2) is 0 Å². The number of thioether (sulfide) groups is 1. The van der Waals surface area contributed by atoms with Gasteiger partial charge in [0, 0.05) is 23.8 Å². The van der Waals surface area contributed by atoms with E-state index in [9.17, 15) is 0 Å². The molecule has 0 unspecified atom stereocenters. The molecule has 0 fully saturated rings. The molecule has 1 aromatic rings. The summed E-state index contributed by atoms with van der Waals surface area (Å²) in [5, 5.41) is 8.67. The Morgan fingerprint density at radius 3 is 2.93 bits per heavy atom. The molecule has 86 valence electrons. The molecule has 0 atom stereocenters. The van der Waals surface area contributed by atoms with Gasteiger partial charge in [0.25, 0.3) is 0 Å². The monoisotopic (exact) mass is 245 g/mol. The molecule has 0 aromatic carbocycles. The van der Waals surface area contributed by atoms with Gasteiger partial charge in [0.2, 0.25) is 0 Å². The van der Waals surface area contributed by atoms with Crippen molar-refractivity contribution >= 4 is 28.3 Å². The summed E-state index contributed by atoms with van der Waals surface area (Å²) in [5.74, 6) is 2.21. The number of nitrogens with zero attached hydrogens (tertiary/aromatic N) is 2. The van der Waals surface area contributed by atoms with E-state index in [0.717, 1.165) is 29.4 Å². The summed E-state index contributed by atoms with van der Waals surface area (Å²) in [4.78, 5) is 0. The number of rotatable bonds is 8. The lowest BCUT2D eigenvalue weighted by Gasteiger charge is -2.02. The minimum absolute atomic E-state index is 0.989. The average molecular weight is 245 g/mol. The van der Waals surface area contributed by atoms with Crippen LogP contribution in [-0.4, -0.2) is 21.9 Å². The van der Waals surface area contributed by atoms with Crippen LogP contribution in [0.15, 0.2) is 0 Å². The first-order valence-corrected chi connectivity index (χ1v) is 7.44. The highest BCUT2D eigenvalue weighted by Crippen LogP contribution is 2.22. The third-order valence-electron chi connectivity index (χ3n) is 1.97. The summed E-state index contributed by atoms with van der Waals surface area (Å²) in [6.07, 6.45) is 3.70. The van der Waals surface area contributed by atoms with Gasteiger partial charge in [-0.25, -0.2) is 0 Å². The molecule has 0 aliphatic carbocycles. The second kappa shape index (κ2) is 7.93. The summed E-state index contributed by atoms with van der Waals surface area (Å²) >= 11 is 3.42. The topological polar surface area (TPSA) is 37.8 Å². The Morgan fingerprint density at radius 2 is 2.20 bits per heavy atom. The van der Waals surface area contributed by atoms with Crippen molar-refractivity contribution in [3.05, 3.63) is 5.69 Å². The van der Waals surface area contributed by atoms with Crippen LogP contribution in [-0.2, 0) is 5.75 Å². The number of hydrogen-bond acceptors (Lipinski definition) is 5. The van der Waals surface area contributed by atoms with Gasteiger partial charge in [0.1, 0.15) is 10.7 Å². The van der Waals surface area contributed by atoms with Crippen molar-refractivity contribution in [2.24, 2.45) is 0 Å². The van der Waals surface area contributed by atoms with Crippen LogP contribution < -0.4 is 5.32 Å². The van der Waals surface area contributed by atoms with E-state index in [4.69, 9.17) is 0 Å². The summed E-state index contributed by atoms with van der Waals surface area (Å²) in [5.41, 5.74) is 1.12. The van der Waals surface area contributed by atoms with Gasteiger partial charge in [0.05, 0.1) is 0 Å². The van der Waals surface area contributed by atoms with Gasteiger partial charge in [-0.05, 0) is 18.6 Å². The van der Waals surface area contributed by atoms with Crippen molar-refractivity contribution < 1.29 is 0 Å². The minimum atomic E-state index is 0.989. The third kappa shape index (κ3) is 4.84. The van der Waals surface area contributed by atoms with Gasteiger partial charge in [-0.15, -0.1) is 5.10 Å². The molecule has 5 heteroatoms. The van der Waals surface area contributed by atoms with E-state index < -0.39 is 0 Å². The van der Waals surface area contributed by atoms with Crippen LogP contribution in [0, 0.1) is 0 Å². The molecule has 1 heterocycles. The first-order chi connectivity index (χ1) is 7.38. The van der Waals surface area contributed by atoms with Gasteiger partial charge in [-0.2, -0.15) is 11.8 Å². The zero-order valence-electron chi connectivity index (χ0n) is 9.45. The fraction of sp³-hybridized carbons (Fsp3) is 0.800. The fourth-order valence-electron chi connectivity index (χ4n) is 1.09. The van der Waals surface area contributed by atoms with E-state index in [-0.39, 0.29) is 0 Å². The fourth-order valence-corrected chi connectivity index (χ4v) is 2.82. The van der Waals surface area contributed by atoms with Gasteiger partial charge in [-0.1, -0.05) is 24.8 Å². The summed E-state index contributed by atoms with van der Waals surface area (Å²) in [6, 6.07) is 0. The highest BCUT2D eigenvalue weighted by molar-refractivity contribution is 7.98. The third-order valence-corrected chi connectivity index (χ3v) is 3.75. The maximum atomic E-state index is 4.15. The zero-order chi connectivity index (χ0) is 10.9. The van der Waals surface area contributed by atoms with Crippen LogP contribution >= 0.6 is 23.3 Å². The molecule has 0 saturated heterocycles. The molecule has 0 bridgehead atoms. The molecule has 0 saturated carbocycles. The van der Waals surface area contributed by atoms with Gasteiger partial charge >= 0.3 is 0 Å². The second-order valence-corrected chi connectivity index (χ2v) is 5.24. The van der Waals surface area contributed by atoms with Crippen molar-refractivity contribution in [2.45, 2.75) is 38.9 Å². The number of hydrogen-bond donors (Lipinski definition) is 1. The van der Waals surface area contributed by atoms with Gasteiger partial charge < -0.3 is 5.32 Å². The predicted molar refractivity (Wildman–Crippen MR) is 69.8 cm³/mol. The van der Waals surface area contributed by atoms with E-state index in [1.54, 1.807) is 0 Å². The van der Waals surface area contributed by atoms with E-state index in [1.807, 2.05) is 11.8 Å². The van der Waals surface area contributed by atoms with Crippen LogP contribution in [0.4, 0.5) is 5.00 Å². The molecule has 3 nitrogen and oxygen atoms in total. The zero-order valence-corrected chi connectivity index (χ0v) is 11.1. The Kier molecular flexibility index (Phi) is 6.76. The molecule has 0 radical (unpaired) electrons.